The van der Waals surface area contributed by atoms with Gasteiger partial charge in [0.25, 0.3) is 0 Å². The third kappa shape index (κ3) is 197. The molecule has 0 saturated carbocycles. The third-order valence-corrected chi connectivity index (χ3v) is 0. The van der Waals surface area contributed by atoms with E-state index in [9.17, 15) is 0 Å². The van der Waals surface area contributed by atoms with Crippen molar-refractivity contribution in [1.29, 1.82) is 0 Å². The van der Waals surface area contributed by atoms with Gasteiger partial charge in [-0.25, -0.2) is 0 Å². The molecule has 0 heterocycles. The fraction of sp³-hybridized carbons (Fsp3) is 0. The van der Waals surface area contributed by atoms with Gasteiger partial charge >= 0.3 is 44.8 Å². The molecule has 0 aromatic carbocycles. The minimum absolute atomic E-state index is 0. The van der Waals surface area contributed by atoms with E-state index in [1.165, 1.54) is 0 Å². The van der Waals surface area contributed by atoms with Crippen LogP contribution in [0.15, 0.2) is 0 Å². The first kappa shape index (κ1) is 344. The second kappa shape index (κ2) is 251. The van der Waals surface area contributed by atoms with Crippen LogP contribution in [-0.4, -0.2) is 21.9 Å². The molecule has 0 aromatic rings. The van der Waals surface area contributed by atoms with E-state index in [1.807, 2.05) is 0 Å². The molecule has 0 unspecified atom stereocenters. The van der Waals surface area contributed by atoms with E-state index in [0.717, 1.165) is 0 Å². The van der Waals surface area contributed by atoms with Gasteiger partial charge in [-0.15, -0.1) is 0 Å². The Kier molecular flexibility index (Phi) is 9600. The normalized spacial score (nSPS) is 0. The van der Waals surface area contributed by atoms with Gasteiger partial charge in [-0.3, -0.25) is 0 Å². The van der Waals surface area contributed by atoms with E-state index in [0.29, 0.717) is 0 Å². The van der Waals surface area contributed by atoms with Crippen LogP contribution in [0.4, 0.5) is 0 Å². The van der Waals surface area contributed by atoms with Crippen LogP contribution in [0.25, 0.3) is 0 Å². The first-order valence-corrected chi connectivity index (χ1v) is 0. The standard InChI is InChI=1S/5O.2Si.2Ta/q5*-2;;;2*+5. The SMILES string of the molecule is [O-2].[O-2].[O-2].[O-2].[O-2].[Si].[Si].[Ta+5].[Ta+5]. The van der Waals surface area contributed by atoms with Gasteiger partial charge in [-0.05, 0) is 0 Å². The second-order valence-electron chi connectivity index (χ2n) is 0. The van der Waals surface area contributed by atoms with Crippen LogP contribution in [0.5, 0.6) is 0 Å². The van der Waals surface area contributed by atoms with Crippen molar-refractivity contribution in [2.75, 3.05) is 0 Å². The van der Waals surface area contributed by atoms with Crippen LogP contribution >= 0.6 is 0 Å². The van der Waals surface area contributed by atoms with Gasteiger partial charge in [-0.2, -0.15) is 0 Å². The zero-order valence-electron chi connectivity index (χ0n) is 3.94. The fourth-order valence-corrected chi connectivity index (χ4v) is 0. The van der Waals surface area contributed by atoms with Crippen LogP contribution in [0.3, 0.4) is 0 Å². The molecule has 0 aromatic heterocycles. The molecular formula is O5Si2Ta2. The Labute approximate surface area is 93.6 Å². The van der Waals surface area contributed by atoms with Crippen LogP contribution in [0.2, 0.25) is 0 Å². The summed E-state index contributed by atoms with van der Waals surface area (Å²) in [6, 6.07) is 0. The van der Waals surface area contributed by atoms with Crippen molar-refractivity contribution in [2.45, 2.75) is 0 Å². The summed E-state index contributed by atoms with van der Waals surface area (Å²) in [6.07, 6.45) is 0. The first-order valence-electron chi connectivity index (χ1n) is 0. The fourth-order valence-electron chi connectivity index (χ4n) is 0. The van der Waals surface area contributed by atoms with Crippen molar-refractivity contribution in [3.63, 3.8) is 0 Å². The molecule has 9 heavy (non-hydrogen) atoms. The van der Waals surface area contributed by atoms with Crippen LogP contribution < -0.4 is 0 Å². The summed E-state index contributed by atoms with van der Waals surface area (Å²) in [5.41, 5.74) is 0. The predicted molar refractivity (Wildman–Crippen MR) is 14.9 cm³/mol. The molecular weight excluding hydrogens is 498 g/mol. The maximum atomic E-state index is 0. The van der Waals surface area contributed by atoms with E-state index in [4.69, 9.17) is 0 Å². The summed E-state index contributed by atoms with van der Waals surface area (Å²) in [7, 11) is 0. The summed E-state index contributed by atoms with van der Waals surface area (Å²) in [6.45, 7) is 0. The third-order valence-electron chi connectivity index (χ3n) is 0. The van der Waals surface area contributed by atoms with E-state index < -0.39 is 0 Å². The van der Waals surface area contributed by atoms with Gasteiger partial charge in [0.05, 0.1) is 0 Å². The maximum Gasteiger partial charge on any atom is 5.00 e. The van der Waals surface area contributed by atoms with Crippen molar-refractivity contribution in [2.24, 2.45) is 0 Å². The Bertz CT molecular complexity index is 12.9. The molecule has 48 valence electrons. The first-order chi connectivity index (χ1) is 0. The Morgan fingerprint density at radius 2 is 0.333 bits per heavy atom. The molecule has 0 rings (SSSR count). The molecule has 0 bridgehead atoms. The number of hydrogen-bond acceptors (Lipinski definition) is 0. The minimum atomic E-state index is 0. The Morgan fingerprint density at radius 3 is 0.333 bits per heavy atom. The van der Waals surface area contributed by atoms with Crippen molar-refractivity contribution in [3.8, 4) is 0 Å². The largest absolute Gasteiger partial charge is 5.00 e. The predicted octanol–water partition coefficient (Wildman–Crippen LogP) is -1.36. The molecule has 0 spiro atoms. The molecule has 0 atom stereocenters. The Hall–Kier alpha value is 1.71. The quantitative estimate of drug-likeness (QED) is 0.364. The van der Waals surface area contributed by atoms with Gasteiger partial charge in [0.2, 0.25) is 0 Å². The summed E-state index contributed by atoms with van der Waals surface area (Å²) in [5, 5.41) is 0. The van der Waals surface area contributed by atoms with Crippen molar-refractivity contribution >= 4 is 21.9 Å². The monoisotopic (exact) mass is 498 g/mol. The smallest absolute Gasteiger partial charge is 2.00 e. The van der Waals surface area contributed by atoms with Crippen molar-refractivity contribution < 1.29 is 72.1 Å². The summed E-state index contributed by atoms with van der Waals surface area (Å²) < 4.78 is 0. The number of hydrogen-bond donors (Lipinski definition) is 0. The van der Waals surface area contributed by atoms with Crippen LogP contribution in [0.1, 0.15) is 0 Å². The molecule has 0 aliphatic rings. The van der Waals surface area contributed by atoms with Gasteiger partial charge in [0, 0.05) is 21.9 Å². The summed E-state index contributed by atoms with van der Waals surface area (Å²) in [4.78, 5) is 0. The van der Waals surface area contributed by atoms with E-state index in [-0.39, 0.29) is 94.1 Å². The molecule has 5 nitrogen and oxygen atoms in total. The van der Waals surface area contributed by atoms with Crippen LogP contribution in [0, 0.1) is 0 Å². The van der Waals surface area contributed by atoms with Crippen LogP contribution in [-0.2, 0) is 72.1 Å². The average Bonchev–Trinajstić information content (AvgIpc) is 0. The molecule has 9 heteroatoms. The van der Waals surface area contributed by atoms with Gasteiger partial charge in [0.1, 0.15) is 0 Å². The van der Waals surface area contributed by atoms with E-state index >= 15 is 0 Å². The van der Waals surface area contributed by atoms with E-state index in [1.54, 1.807) is 0 Å². The minimum Gasteiger partial charge on any atom is -2.00 e. The molecule has 0 amide bonds. The molecule has 8 radical (unpaired) electrons. The van der Waals surface area contributed by atoms with Gasteiger partial charge in [-0.1, -0.05) is 0 Å². The van der Waals surface area contributed by atoms with Crippen molar-refractivity contribution in [3.05, 3.63) is 0 Å². The second-order valence-corrected chi connectivity index (χ2v) is 0. The van der Waals surface area contributed by atoms with Crippen molar-refractivity contribution in [1.82, 2.24) is 0 Å². The maximum absolute atomic E-state index is 0. The summed E-state index contributed by atoms with van der Waals surface area (Å²) >= 11 is 0. The van der Waals surface area contributed by atoms with Gasteiger partial charge in [0.15, 0.2) is 0 Å². The zero-order valence-corrected chi connectivity index (χ0v) is 12.4. The van der Waals surface area contributed by atoms with Gasteiger partial charge < -0.3 is 27.4 Å². The summed E-state index contributed by atoms with van der Waals surface area (Å²) in [5.74, 6) is 0. The Morgan fingerprint density at radius 1 is 0.333 bits per heavy atom. The zero-order chi connectivity index (χ0) is 0. The Balaban J connectivity index is 0. The topological polar surface area (TPSA) is 142 Å². The molecule has 0 N–H and O–H groups in total. The molecule has 0 aliphatic heterocycles. The van der Waals surface area contributed by atoms with E-state index in [2.05, 4.69) is 0 Å². The average molecular weight is 498 g/mol. The molecule has 0 fully saturated rings. The molecule has 0 saturated heterocycles. The number of rotatable bonds is 0. The molecule has 0 aliphatic carbocycles.